The minimum atomic E-state index is -0.669. The van der Waals surface area contributed by atoms with E-state index in [-0.39, 0.29) is 23.1 Å². The summed E-state index contributed by atoms with van der Waals surface area (Å²) in [6.07, 6.45) is -0.669. The van der Waals surface area contributed by atoms with Gasteiger partial charge in [-0.05, 0) is 34.8 Å². The van der Waals surface area contributed by atoms with Crippen LogP contribution in [0.25, 0.3) is 33.6 Å². The summed E-state index contributed by atoms with van der Waals surface area (Å²) in [5, 5.41) is 28.0. The molecule has 3 aromatic carbocycles. The summed E-state index contributed by atoms with van der Waals surface area (Å²) in [4.78, 5) is 14.6. The highest BCUT2D eigenvalue weighted by Gasteiger charge is 2.26. The molecule has 1 aliphatic heterocycles. The number of phenols is 2. The first kappa shape index (κ1) is 25.3. The maximum absolute atomic E-state index is 12.3. The molecule has 0 radical (unpaired) electrons. The molecule has 0 atom stereocenters. The quantitative estimate of drug-likeness (QED) is 0.314. The van der Waals surface area contributed by atoms with Gasteiger partial charge in [0.25, 0.3) is 5.88 Å². The van der Waals surface area contributed by atoms with Crippen LogP contribution in [-0.4, -0.2) is 59.2 Å². The molecule has 38 heavy (non-hydrogen) atoms. The maximum Gasteiger partial charge on any atom is 0.414 e. The fourth-order valence-electron chi connectivity index (χ4n) is 4.45. The lowest BCUT2D eigenvalue weighted by molar-refractivity contribution is 0.0342. The predicted octanol–water partition coefficient (Wildman–Crippen LogP) is 5.03. The van der Waals surface area contributed by atoms with Crippen molar-refractivity contribution in [1.29, 1.82) is 0 Å². The molecule has 0 bridgehead atoms. The number of amides is 1. The number of rotatable bonds is 7. The van der Waals surface area contributed by atoms with Gasteiger partial charge in [-0.3, -0.25) is 4.90 Å². The van der Waals surface area contributed by atoms with Gasteiger partial charge in [0, 0.05) is 37.8 Å². The van der Waals surface area contributed by atoms with Gasteiger partial charge in [0.1, 0.15) is 11.5 Å². The fraction of sp³-hybridized carbons (Fsp3) is 0.241. The third kappa shape index (κ3) is 5.49. The molecule has 0 spiro atoms. The van der Waals surface area contributed by atoms with Crippen molar-refractivity contribution in [3.8, 4) is 51.0 Å². The zero-order valence-corrected chi connectivity index (χ0v) is 21.0. The molecule has 9 heteroatoms. The Morgan fingerprint density at radius 3 is 2.39 bits per heavy atom. The Morgan fingerprint density at radius 1 is 0.974 bits per heavy atom. The van der Waals surface area contributed by atoms with Crippen LogP contribution in [0.4, 0.5) is 4.79 Å². The van der Waals surface area contributed by atoms with Gasteiger partial charge in [-0.25, -0.2) is 4.79 Å². The number of aromatic nitrogens is 1. The largest absolute Gasteiger partial charge is 0.507 e. The molecule has 1 aliphatic rings. The van der Waals surface area contributed by atoms with Crippen molar-refractivity contribution in [1.82, 2.24) is 15.4 Å². The molecule has 1 aromatic heterocycles. The van der Waals surface area contributed by atoms with Gasteiger partial charge < -0.3 is 29.5 Å². The zero-order chi connectivity index (χ0) is 26.5. The highest BCUT2D eigenvalue weighted by molar-refractivity contribution is 5.89. The minimum absolute atomic E-state index is 0.0272. The first-order chi connectivity index (χ1) is 18.5. The number of ether oxygens (including phenoxy) is 2. The summed E-state index contributed by atoms with van der Waals surface area (Å²) in [5.74, 6) is -0.0987. The number of morpholine rings is 1. The van der Waals surface area contributed by atoms with Gasteiger partial charge in [0.2, 0.25) is 0 Å². The van der Waals surface area contributed by atoms with Crippen LogP contribution in [0.2, 0.25) is 0 Å². The first-order valence-corrected chi connectivity index (χ1v) is 12.5. The average molecular weight is 516 g/mol. The number of hydrogen-bond donors (Lipinski definition) is 3. The van der Waals surface area contributed by atoms with Crippen LogP contribution < -0.4 is 10.1 Å². The standard InChI is InChI=1S/C29H29N3O6/c1-2-30-29(35)37-28-26(21-10-8-19(9-11-21)18-32-12-14-36-15-13-32)27(38-31-28)23-16-22(24(33)17-25(23)34)20-6-4-3-5-7-20/h3-11,16-17,33-34H,2,12-15,18H2,1H3,(H,30,35). The van der Waals surface area contributed by atoms with E-state index in [9.17, 15) is 15.0 Å². The van der Waals surface area contributed by atoms with E-state index in [1.807, 2.05) is 54.6 Å². The van der Waals surface area contributed by atoms with E-state index >= 15 is 0 Å². The summed E-state index contributed by atoms with van der Waals surface area (Å²) >= 11 is 0. The van der Waals surface area contributed by atoms with Crippen LogP contribution in [-0.2, 0) is 11.3 Å². The van der Waals surface area contributed by atoms with Gasteiger partial charge in [0.15, 0.2) is 5.76 Å². The first-order valence-electron chi connectivity index (χ1n) is 12.5. The second-order valence-corrected chi connectivity index (χ2v) is 8.95. The highest BCUT2D eigenvalue weighted by atomic mass is 16.6. The van der Waals surface area contributed by atoms with Gasteiger partial charge in [0.05, 0.1) is 24.3 Å². The molecule has 2 heterocycles. The number of benzene rings is 3. The SMILES string of the molecule is CCNC(=O)Oc1noc(-c2cc(-c3ccccc3)c(O)cc2O)c1-c1ccc(CN2CCOCC2)cc1. The summed E-state index contributed by atoms with van der Waals surface area (Å²) in [6, 6.07) is 20.0. The van der Waals surface area contributed by atoms with E-state index in [0.717, 1.165) is 44.0 Å². The lowest BCUT2D eigenvalue weighted by atomic mass is 9.96. The molecule has 3 N–H and O–H groups in total. The second kappa shape index (κ2) is 11.4. The normalized spacial score (nSPS) is 13.8. The summed E-state index contributed by atoms with van der Waals surface area (Å²) in [5.41, 5.74) is 3.80. The Balaban J connectivity index is 1.55. The molecule has 1 amide bonds. The molecule has 196 valence electrons. The van der Waals surface area contributed by atoms with Crippen molar-refractivity contribution in [3.63, 3.8) is 0 Å². The summed E-state index contributed by atoms with van der Waals surface area (Å²) < 4.78 is 16.6. The molecule has 1 fully saturated rings. The molecule has 0 saturated carbocycles. The number of nitrogens with zero attached hydrogens (tertiary/aromatic N) is 2. The van der Waals surface area contributed by atoms with Crippen molar-refractivity contribution in [2.75, 3.05) is 32.8 Å². The monoisotopic (exact) mass is 515 g/mol. The van der Waals surface area contributed by atoms with Crippen molar-refractivity contribution >= 4 is 6.09 Å². The maximum atomic E-state index is 12.3. The Bertz CT molecular complexity index is 1400. The van der Waals surface area contributed by atoms with Crippen LogP contribution in [0.5, 0.6) is 17.4 Å². The molecular weight excluding hydrogens is 486 g/mol. The number of aromatic hydroxyl groups is 2. The van der Waals surface area contributed by atoms with Crippen LogP contribution in [0.3, 0.4) is 0 Å². The van der Waals surface area contributed by atoms with Crippen molar-refractivity contribution in [2.45, 2.75) is 13.5 Å². The van der Waals surface area contributed by atoms with Crippen LogP contribution >= 0.6 is 0 Å². The number of phenolic OH excluding ortho intramolecular Hbond substituents is 2. The number of carbonyl (C=O) groups excluding carboxylic acids is 1. The van der Waals surface area contributed by atoms with Crippen molar-refractivity contribution in [2.24, 2.45) is 0 Å². The van der Waals surface area contributed by atoms with Gasteiger partial charge >= 0.3 is 6.09 Å². The lowest BCUT2D eigenvalue weighted by Gasteiger charge is -2.26. The molecule has 1 saturated heterocycles. The van der Waals surface area contributed by atoms with Gasteiger partial charge in [-0.2, -0.15) is 0 Å². The van der Waals surface area contributed by atoms with Crippen LogP contribution in [0.1, 0.15) is 12.5 Å². The summed E-state index contributed by atoms with van der Waals surface area (Å²) in [6.45, 7) is 6.17. The van der Waals surface area contributed by atoms with Gasteiger partial charge in [-0.15, -0.1) is 0 Å². The molecule has 5 rings (SSSR count). The summed E-state index contributed by atoms with van der Waals surface area (Å²) in [7, 11) is 0. The predicted molar refractivity (Wildman–Crippen MR) is 142 cm³/mol. The average Bonchev–Trinajstić information content (AvgIpc) is 3.33. The fourth-order valence-corrected chi connectivity index (χ4v) is 4.45. The van der Waals surface area contributed by atoms with E-state index < -0.39 is 6.09 Å². The highest BCUT2D eigenvalue weighted by Crippen LogP contribution is 2.46. The Hall–Kier alpha value is -4.34. The van der Waals surface area contributed by atoms with E-state index in [2.05, 4.69) is 15.4 Å². The zero-order valence-electron chi connectivity index (χ0n) is 21.0. The van der Waals surface area contributed by atoms with E-state index in [1.165, 1.54) is 6.07 Å². The molecule has 9 nitrogen and oxygen atoms in total. The smallest absolute Gasteiger partial charge is 0.414 e. The number of nitrogens with one attached hydrogen (secondary N) is 1. The Labute approximate surface area is 220 Å². The number of hydrogen-bond acceptors (Lipinski definition) is 8. The Morgan fingerprint density at radius 2 is 1.68 bits per heavy atom. The Kier molecular flexibility index (Phi) is 7.57. The minimum Gasteiger partial charge on any atom is -0.507 e. The second-order valence-electron chi connectivity index (χ2n) is 8.95. The van der Waals surface area contributed by atoms with Crippen LogP contribution in [0.15, 0.2) is 71.3 Å². The van der Waals surface area contributed by atoms with E-state index in [1.54, 1.807) is 13.0 Å². The third-order valence-electron chi connectivity index (χ3n) is 6.37. The molecular formula is C29H29N3O6. The number of carbonyl (C=O) groups is 1. The van der Waals surface area contributed by atoms with Crippen LogP contribution in [0, 0.1) is 0 Å². The molecule has 0 aliphatic carbocycles. The van der Waals surface area contributed by atoms with Gasteiger partial charge in [-0.1, -0.05) is 54.6 Å². The molecule has 0 unspecified atom stereocenters. The molecule has 4 aromatic rings. The van der Waals surface area contributed by atoms with Crippen molar-refractivity contribution in [3.05, 3.63) is 72.3 Å². The third-order valence-corrected chi connectivity index (χ3v) is 6.37. The van der Waals surface area contributed by atoms with Crippen molar-refractivity contribution < 1.29 is 29.0 Å². The van der Waals surface area contributed by atoms with E-state index in [0.29, 0.717) is 28.8 Å². The lowest BCUT2D eigenvalue weighted by Crippen LogP contribution is -2.35. The topological polar surface area (TPSA) is 117 Å². The van der Waals surface area contributed by atoms with E-state index in [4.69, 9.17) is 14.0 Å².